The van der Waals surface area contributed by atoms with Gasteiger partial charge in [-0.15, -0.1) is 10.2 Å². The fraction of sp³-hybridized carbons (Fsp3) is 0.400. The number of aryl methyl sites for hydroxylation is 1. The van der Waals surface area contributed by atoms with Crippen LogP contribution in [0.3, 0.4) is 0 Å². The molecule has 29 heavy (non-hydrogen) atoms. The summed E-state index contributed by atoms with van der Waals surface area (Å²) < 4.78 is 8.13. The van der Waals surface area contributed by atoms with Crippen LogP contribution in [0.2, 0.25) is 0 Å². The van der Waals surface area contributed by atoms with E-state index in [0.29, 0.717) is 11.8 Å². The van der Waals surface area contributed by atoms with Gasteiger partial charge in [0, 0.05) is 5.92 Å². The molecule has 0 bridgehead atoms. The highest BCUT2D eigenvalue weighted by molar-refractivity contribution is 5.50. The molecule has 148 valence electrons. The largest absolute Gasteiger partial charge is 0.473 e. The molecule has 0 spiro atoms. The predicted octanol–water partition coefficient (Wildman–Crippen LogP) is 3.00. The van der Waals surface area contributed by atoms with Crippen LogP contribution in [0.5, 0.6) is 5.88 Å². The van der Waals surface area contributed by atoms with E-state index in [-0.39, 0.29) is 17.7 Å². The van der Waals surface area contributed by atoms with Crippen molar-refractivity contribution in [3.05, 3.63) is 48.6 Å². The van der Waals surface area contributed by atoms with Gasteiger partial charge in [0.2, 0.25) is 5.88 Å². The molecule has 3 heterocycles. The van der Waals surface area contributed by atoms with Gasteiger partial charge >= 0.3 is 0 Å². The Kier molecular flexibility index (Phi) is 5.08. The number of ether oxygens (including phenoxy) is 1. The van der Waals surface area contributed by atoms with Crippen LogP contribution >= 0.6 is 0 Å². The van der Waals surface area contributed by atoms with E-state index in [0.717, 1.165) is 42.2 Å². The molecule has 1 saturated carbocycles. The Bertz CT molecular complexity index is 1070. The van der Waals surface area contributed by atoms with Gasteiger partial charge in [0.25, 0.3) is 0 Å². The molecule has 0 aromatic carbocycles. The Morgan fingerprint density at radius 3 is 2.83 bits per heavy atom. The Labute approximate surface area is 168 Å². The van der Waals surface area contributed by atoms with Crippen molar-refractivity contribution in [2.75, 3.05) is 5.32 Å². The lowest BCUT2D eigenvalue weighted by Crippen LogP contribution is -2.14. The van der Waals surface area contributed by atoms with Crippen molar-refractivity contribution in [1.82, 2.24) is 29.5 Å². The van der Waals surface area contributed by atoms with E-state index in [1.54, 1.807) is 12.4 Å². The van der Waals surface area contributed by atoms with E-state index in [4.69, 9.17) is 10.00 Å². The van der Waals surface area contributed by atoms with Gasteiger partial charge in [-0.25, -0.2) is 15.0 Å². The normalized spacial score (nSPS) is 21.1. The van der Waals surface area contributed by atoms with Gasteiger partial charge in [-0.1, -0.05) is 19.9 Å². The zero-order valence-electron chi connectivity index (χ0n) is 16.4. The van der Waals surface area contributed by atoms with Crippen LogP contribution in [-0.2, 0) is 0 Å². The first-order valence-electron chi connectivity index (χ1n) is 9.61. The highest BCUT2D eigenvalue weighted by Crippen LogP contribution is 2.42. The minimum atomic E-state index is 0.00690. The highest BCUT2D eigenvalue weighted by atomic mass is 16.5. The molecule has 3 aromatic rings. The fourth-order valence-electron chi connectivity index (χ4n) is 4.08. The van der Waals surface area contributed by atoms with E-state index >= 15 is 0 Å². The molecule has 3 atom stereocenters. The molecule has 0 aliphatic heterocycles. The molecule has 0 radical (unpaired) electrons. The number of nitrogens with one attached hydrogen (secondary N) is 1. The third kappa shape index (κ3) is 3.49. The second kappa shape index (κ2) is 7.83. The van der Waals surface area contributed by atoms with E-state index in [1.165, 1.54) is 12.4 Å². The first-order valence-corrected chi connectivity index (χ1v) is 9.61. The number of nitriles is 1. The van der Waals surface area contributed by atoms with Gasteiger partial charge in [0.05, 0.1) is 24.3 Å². The average Bonchev–Trinajstić information content (AvgIpc) is 3.34. The minimum absolute atomic E-state index is 0.00690. The second-order valence-corrected chi connectivity index (χ2v) is 7.13. The van der Waals surface area contributed by atoms with Crippen LogP contribution in [0.25, 0.3) is 5.65 Å². The van der Waals surface area contributed by atoms with Crippen LogP contribution in [0.15, 0.2) is 31.4 Å². The molecular formula is C20H22N8O. The van der Waals surface area contributed by atoms with Crippen molar-refractivity contribution in [3.8, 4) is 11.9 Å². The first kappa shape index (κ1) is 18.8. The van der Waals surface area contributed by atoms with Crippen LogP contribution < -0.4 is 10.1 Å². The quantitative estimate of drug-likeness (QED) is 0.683. The Balaban J connectivity index is 1.61. The van der Waals surface area contributed by atoms with Crippen molar-refractivity contribution >= 4 is 11.5 Å². The van der Waals surface area contributed by atoms with E-state index in [1.807, 2.05) is 13.0 Å². The third-order valence-corrected chi connectivity index (χ3v) is 5.48. The molecule has 1 aliphatic carbocycles. The van der Waals surface area contributed by atoms with Crippen molar-refractivity contribution in [3.63, 3.8) is 0 Å². The number of aromatic nitrogens is 6. The Morgan fingerprint density at radius 1 is 1.28 bits per heavy atom. The Morgan fingerprint density at radius 2 is 2.14 bits per heavy atom. The first-order chi connectivity index (χ1) is 14.1. The molecule has 1 N–H and O–H groups in total. The van der Waals surface area contributed by atoms with Gasteiger partial charge in [-0.05, 0) is 31.9 Å². The van der Waals surface area contributed by atoms with Crippen molar-refractivity contribution in [1.29, 1.82) is 5.26 Å². The van der Waals surface area contributed by atoms with Gasteiger partial charge in [0.15, 0.2) is 11.3 Å². The van der Waals surface area contributed by atoms with Crippen LogP contribution in [0, 0.1) is 24.2 Å². The summed E-state index contributed by atoms with van der Waals surface area (Å²) in [7, 11) is 0. The summed E-state index contributed by atoms with van der Waals surface area (Å²) in [6.07, 6.45) is 8.99. The molecule has 9 heteroatoms. The maximum Gasteiger partial charge on any atom is 0.232 e. The summed E-state index contributed by atoms with van der Waals surface area (Å²) in [5.41, 5.74) is 1.94. The predicted molar refractivity (Wildman–Crippen MR) is 106 cm³/mol. The topological polar surface area (TPSA) is 114 Å². The highest BCUT2D eigenvalue weighted by Gasteiger charge is 2.38. The van der Waals surface area contributed by atoms with Crippen molar-refractivity contribution in [2.45, 2.75) is 45.1 Å². The number of hydrogen-bond acceptors (Lipinski definition) is 8. The lowest BCUT2D eigenvalue weighted by atomic mass is 9.93. The van der Waals surface area contributed by atoms with Gasteiger partial charge < -0.3 is 10.1 Å². The molecule has 4 rings (SSSR count). The molecule has 1 aliphatic rings. The molecule has 3 aromatic heterocycles. The molecule has 0 unspecified atom stereocenters. The van der Waals surface area contributed by atoms with Crippen LogP contribution in [0.1, 0.15) is 49.3 Å². The number of nitrogens with zero attached hydrogens (tertiary/aromatic N) is 7. The minimum Gasteiger partial charge on any atom is -0.473 e. The summed E-state index contributed by atoms with van der Waals surface area (Å²) in [4.78, 5) is 12.6. The van der Waals surface area contributed by atoms with Crippen LogP contribution in [0.4, 0.5) is 5.82 Å². The average molecular weight is 390 g/mol. The Hall–Kier alpha value is -3.54. The van der Waals surface area contributed by atoms with Gasteiger partial charge in [-0.3, -0.25) is 4.40 Å². The SMILES string of the molecule is C=CNc1ncc2nnc([C@@H]3C[C@@H](Oc4cnc(C#N)cn4)C[C@@H]3CC)n2c1C. The smallest absolute Gasteiger partial charge is 0.232 e. The standard InChI is InChI=1S/C20H22N8O/c1-4-13-6-15(29-18-11-23-14(8-21)9-24-18)7-16(13)20-27-26-17-10-25-19(22-5-2)12(3)28(17)20/h5,9-11,13,15-16,22H,2,4,6-7H2,1,3H3/t13-,15-,16+/m0/s1. The monoisotopic (exact) mass is 390 g/mol. The van der Waals surface area contributed by atoms with Gasteiger partial charge in [-0.2, -0.15) is 5.26 Å². The number of anilines is 1. The zero-order chi connectivity index (χ0) is 20.4. The van der Waals surface area contributed by atoms with Crippen molar-refractivity contribution < 1.29 is 4.74 Å². The summed E-state index contributed by atoms with van der Waals surface area (Å²) in [6, 6.07) is 1.96. The molecular weight excluding hydrogens is 368 g/mol. The summed E-state index contributed by atoms with van der Waals surface area (Å²) in [5.74, 6) is 2.73. The van der Waals surface area contributed by atoms with E-state index in [2.05, 4.69) is 48.4 Å². The van der Waals surface area contributed by atoms with Crippen LogP contribution in [-0.4, -0.2) is 35.7 Å². The second-order valence-electron chi connectivity index (χ2n) is 7.13. The molecule has 9 nitrogen and oxygen atoms in total. The number of rotatable bonds is 6. The number of fused-ring (bicyclic) bond motifs is 1. The molecule has 0 amide bonds. The third-order valence-electron chi connectivity index (χ3n) is 5.48. The van der Waals surface area contributed by atoms with Gasteiger partial charge in [0.1, 0.15) is 23.8 Å². The maximum atomic E-state index is 8.86. The zero-order valence-corrected chi connectivity index (χ0v) is 16.4. The molecule has 1 fully saturated rings. The van der Waals surface area contributed by atoms with E-state index < -0.39 is 0 Å². The summed E-state index contributed by atoms with van der Waals surface area (Å²) in [5, 5.41) is 20.8. The fourth-order valence-corrected chi connectivity index (χ4v) is 4.08. The van der Waals surface area contributed by atoms with E-state index in [9.17, 15) is 0 Å². The maximum absolute atomic E-state index is 8.86. The molecule has 0 saturated heterocycles. The summed E-state index contributed by atoms with van der Waals surface area (Å²) >= 11 is 0. The number of hydrogen-bond donors (Lipinski definition) is 1. The lowest BCUT2D eigenvalue weighted by molar-refractivity contribution is 0.194. The summed E-state index contributed by atoms with van der Waals surface area (Å²) in [6.45, 7) is 7.89. The lowest BCUT2D eigenvalue weighted by Gasteiger charge is -2.17. The van der Waals surface area contributed by atoms with Crippen molar-refractivity contribution in [2.24, 2.45) is 5.92 Å².